The van der Waals surface area contributed by atoms with Crippen LogP contribution in [0, 0.1) is 0 Å². The second-order valence-corrected chi connectivity index (χ2v) is 7.55. The van der Waals surface area contributed by atoms with Gasteiger partial charge in [0.2, 0.25) is 11.0 Å². The summed E-state index contributed by atoms with van der Waals surface area (Å²) in [5, 5.41) is 15.1. The molecule has 0 radical (unpaired) electrons. The zero-order chi connectivity index (χ0) is 17.5. The summed E-state index contributed by atoms with van der Waals surface area (Å²) in [6.45, 7) is 1.98. The van der Waals surface area contributed by atoms with Gasteiger partial charge in [0, 0.05) is 5.69 Å². The lowest BCUT2D eigenvalue weighted by atomic mass is 10.1. The molecule has 25 heavy (non-hydrogen) atoms. The van der Waals surface area contributed by atoms with Crippen LogP contribution < -0.4 is 10.6 Å². The van der Waals surface area contributed by atoms with E-state index in [1.165, 1.54) is 23.1 Å². The number of amides is 1. The van der Waals surface area contributed by atoms with Gasteiger partial charge in [-0.3, -0.25) is 4.79 Å². The smallest absolute Gasteiger partial charge is 0.230 e. The number of carbonyl (C=O) groups excluding carboxylic acids is 1. The van der Waals surface area contributed by atoms with Crippen molar-refractivity contribution in [3.63, 3.8) is 0 Å². The number of benzene rings is 2. The Morgan fingerprint density at radius 2 is 1.76 bits per heavy atom. The minimum Gasteiger partial charge on any atom is -0.349 e. The minimum atomic E-state index is -0.0193. The van der Waals surface area contributed by atoms with E-state index >= 15 is 0 Å². The zero-order valence-electron chi connectivity index (χ0n) is 13.7. The van der Waals surface area contributed by atoms with Crippen molar-refractivity contribution in [3.8, 4) is 0 Å². The number of thioether (sulfide) groups is 1. The summed E-state index contributed by atoms with van der Waals surface area (Å²) >= 11 is 2.82. The van der Waals surface area contributed by atoms with E-state index in [2.05, 4.69) is 20.8 Å². The summed E-state index contributed by atoms with van der Waals surface area (Å²) in [5.74, 6) is 0.297. The van der Waals surface area contributed by atoms with E-state index < -0.39 is 0 Å². The molecule has 1 aromatic heterocycles. The molecule has 1 heterocycles. The Balaban J connectivity index is 1.48. The third-order valence-corrected chi connectivity index (χ3v) is 5.41. The molecule has 2 aromatic carbocycles. The number of hydrogen-bond acceptors (Lipinski definition) is 6. The van der Waals surface area contributed by atoms with Gasteiger partial charge < -0.3 is 10.6 Å². The number of nitrogens with one attached hydrogen (secondary N) is 2. The largest absolute Gasteiger partial charge is 0.349 e. The topological polar surface area (TPSA) is 66.9 Å². The van der Waals surface area contributed by atoms with Crippen LogP contribution in [-0.2, 0) is 4.79 Å². The molecule has 0 aliphatic heterocycles. The second-order valence-electron chi connectivity index (χ2n) is 5.35. The fourth-order valence-corrected chi connectivity index (χ4v) is 3.78. The van der Waals surface area contributed by atoms with E-state index in [0.717, 1.165) is 15.6 Å². The predicted molar refractivity (Wildman–Crippen MR) is 103 cm³/mol. The molecule has 0 fully saturated rings. The summed E-state index contributed by atoms with van der Waals surface area (Å²) in [6.07, 6.45) is 0. The highest BCUT2D eigenvalue weighted by molar-refractivity contribution is 8.01. The summed E-state index contributed by atoms with van der Waals surface area (Å²) in [6, 6.07) is 19.7. The van der Waals surface area contributed by atoms with Crippen LogP contribution in [0.15, 0.2) is 65.0 Å². The lowest BCUT2D eigenvalue weighted by molar-refractivity contribution is -0.119. The molecule has 0 saturated heterocycles. The first kappa shape index (κ1) is 17.4. The number of nitrogens with zero attached hydrogens (tertiary/aromatic N) is 2. The first-order valence-electron chi connectivity index (χ1n) is 7.83. The Bertz CT molecular complexity index is 808. The number of anilines is 2. The van der Waals surface area contributed by atoms with Crippen molar-refractivity contribution in [2.24, 2.45) is 0 Å². The van der Waals surface area contributed by atoms with Crippen LogP contribution in [-0.4, -0.2) is 21.9 Å². The molecule has 0 saturated carbocycles. The normalized spacial score (nSPS) is 11.7. The Labute approximate surface area is 154 Å². The van der Waals surface area contributed by atoms with Crippen LogP contribution in [0.4, 0.5) is 10.8 Å². The second kappa shape index (κ2) is 8.64. The molecule has 1 unspecified atom stereocenters. The Morgan fingerprint density at radius 3 is 2.48 bits per heavy atom. The van der Waals surface area contributed by atoms with Crippen LogP contribution in [0.1, 0.15) is 18.5 Å². The first-order valence-corrected chi connectivity index (χ1v) is 9.63. The summed E-state index contributed by atoms with van der Waals surface area (Å²) in [4.78, 5) is 12.1. The zero-order valence-corrected chi connectivity index (χ0v) is 15.3. The monoisotopic (exact) mass is 370 g/mol. The molecule has 2 N–H and O–H groups in total. The third-order valence-electron chi connectivity index (χ3n) is 3.44. The van der Waals surface area contributed by atoms with Gasteiger partial charge in [0.15, 0.2) is 4.34 Å². The highest BCUT2D eigenvalue weighted by Gasteiger charge is 2.11. The van der Waals surface area contributed by atoms with Gasteiger partial charge >= 0.3 is 0 Å². The van der Waals surface area contributed by atoms with Crippen molar-refractivity contribution >= 4 is 39.8 Å². The molecule has 128 valence electrons. The molecule has 3 rings (SSSR count). The van der Waals surface area contributed by atoms with Gasteiger partial charge in [-0.1, -0.05) is 71.6 Å². The molecule has 1 amide bonds. The molecular weight excluding hydrogens is 352 g/mol. The quantitative estimate of drug-likeness (QED) is 0.609. The van der Waals surface area contributed by atoms with E-state index in [-0.39, 0.29) is 11.9 Å². The summed E-state index contributed by atoms with van der Waals surface area (Å²) in [7, 11) is 0. The van der Waals surface area contributed by atoms with Crippen molar-refractivity contribution in [2.75, 3.05) is 11.1 Å². The Hall–Kier alpha value is -2.38. The predicted octanol–water partition coefficient (Wildman–Crippen LogP) is 4.25. The standard InChI is InChI=1S/C18H18N4OS2/c1-13(14-8-4-2-5-9-14)19-16(23)12-24-18-22-21-17(25-18)20-15-10-6-3-7-11-15/h2-11,13H,12H2,1H3,(H,19,23)(H,20,21). The van der Waals surface area contributed by atoms with Gasteiger partial charge in [-0.25, -0.2) is 0 Å². The van der Waals surface area contributed by atoms with E-state index in [9.17, 15) is 4.79 Å². The number of hydrogen-bond donors (Lipinski definition) is 2. The van der Waals surface area contributed by atoms with E-state index in [0.29, 0.717) is 10.9 Å². The van der Waals surface area contributed by atoms with Crippen LogP contribution in [0.5, 0.6) is 0 Å². The van der Waals surface area contributed by atoms with Crippen molar-refractivity contribution in [2.45, 2.75) is 17.3 Å². The Kier molecular flexibility index (Phi) is 6.03. The van der Waals surface area contributed by atoms with Gasteiger partial charge in [-0.05, 0) is 24.6 Å². The van der Waals surface area contributed by atoms with Crippen LogP contribution in [0.3, 0.4) is 0 Å². The maximum atomic E-state index is 12.1. The molecule has 5 nitrogen and oxygen atoms in total. The molecule has 1 atom stereocenters. The van der Waals surface area contributed by atoms with Gasteiger partial charge in [0.25, 0.3) is 0 Å². The van der Waals surface area contributed by atoms with Crippen LogP contribution >= 0.6 is 23.1 Å². The maximum Gasteiger partial charge on any atom is 0.230 e. The fraction of sp³-hybridized carbons (Fsp3) is 0.167. The maximum absolute atomic E-state index is 12.1. The van der Waals surface area contributed by atoms with Gasteiger partial charge in [0.1, 0.15) is 0 Å². The molecule has 0 bridgehead atoms. The van der Waals surface area contributed by atoms with Crippen molar-refractivity contribution in [1.82, 2.24) is 15.5 Å². The average molecular weight is 371 g/mol. The molecule has 0 spiro atoms. The number of para-hydroxylation sites is 1. The number of carbonyl (C=O) groups is 1. The molecule has 7 heteroatoms. The number of aromatic nitrogens is 2. The van der Waals surface area contributed by atoms with Crippen molar-refractivity contribution < 1.29 is 4.79 Å². The molecular formula is C18H18N4OS2. The molecule has 0 aliphatic rings. The summed E-state index contributed by atoms with van der Waals surface area (Å²) in [5.41, 5.74) is 2.05. The molecule has 3 aromatic rings. The first-order chi connectivity index (χ1) is 12.2. The lowest BCUT2D eigenvalue weighted by Crippen LogP contribution is -2.28. The van der Waals surface area contributed by atoms with Gasteiger partial charge in [-0.2, -0.15) is 0 Å². The van der Waals surface area contributed by atoms with Gasteiger partial charge in [0.05, 0.1) is 11.8 Å². The van der Waals surface area contributed by atoms with Crippen molar-refractivity contribution in [3.05, 3.63) is 66.2 Å². The average Bonchev–Trinajstić information content (AvgIpc) is 3.09. The van der Waals surface area contributed by atoms with E-state index in [4.69, 9.17) is 0 Å². The van der Waals surface area contributed by atoms with E-state index in [1.807, 2.05) is 67.6 Å². The fourth-order valence-electron chi connectivity index (χ4n) is 2.20. The lowest BCUT2D eigenvalue weighted by Gasteiger charge is -2.13. The van der Waals surface area contributed by atoms with Crippen LogP contribution in [0.25, 0.3) is 0 Å². The SMILES string of the molecule is CC(NC(=O)CSc1nnc(Nc2ccccc2)s1)c1ccccc1. The van der Waals surface area contributed by atoms with Gasteiger partial charge in [-0.15, -0.1) is 10.2 Å². The van der Waals surface area contributed by atoms with E-state index in [1.54, 1.807) is 0 Å². The Morgan fingerprint density at radius 1 is 1.08 bits per heavy atom. The number of rotatable bonds is 7. The van der Waals surface area contributed by atoms with Crippen LogP contribution in [0.2, 0.25) is 0 Å². The highest BCUT2D eigenvalue weighted by atomic mass is 32.2. The highest BCUT2D eigenvalue weighted by Crippen LogP contribution is 2.27. The van der Waals surface area contributed by atoms with Crippen molar-refractivity contribution in [1.29, 1.82) is 0 Å². The molecule has 0 aliphatic carbocycles. The minimum absolute atomic E-state index is 0.0148. The third kappa shape index (κ3) is 5.30. The summed E-state index contributed by atoms with van der Waals surface area (Å²) < 4.78 is 0.765.